The lowest BCUT2D eigenvalue weighted by Gasteiger charge is -2.39. The van der Waals surface area contributed by atoms with Crippen LogP contribution in [0, 0.1) is 0 Å². The lowest BCUT2D eigenvalue weighted by atomic mass is 9.77. The molecule has 1 heterocycles. The molecule has 12 N–H and O–H groups in total. The van der Waals surface area contributed by atoms with Crippen LogP contribution in [0.3, 0.4) is 0 Å². The molecule has 0 aliphatic heterocycles. The maximum atomic E-state index is 14.7. The number of unbranched alkanes of at least 4 members (excludes halogenated alkanes) is 1. The Kier molecular flexibility index (Phi) is 16.4. The van der Waals surface area contributed by atoms with E-state index in [9.17, 15) is 28.8 Å². The quantitative estimate of drug-likeness (QED) is 0.0339. The van der Waals surface area contributed by atoms with Gasteiger partial charge in [0.25, 0.3) is 0 Å². The number of aromatic amines is 1. The van der Waals surface area contributed by atoms with Crippen molar-refractivity contribution in [1.82, 2.24) is 31.6 Å². The maximum Gasteiger partial charge on any atom is 0.246 e. The van der Waals surface area contributed by atoms with Crippen molar-refractivity contribution < 1.29 is 28.8 Å². The Morgan fingerprint density at radius 2 is 1.52 bits per heavy atom. The fourth-order valence-corrected chi connectivity index (χ4v) is 7.89. The van der Waals surface area contributed by atoms with Crippen LogP contribution < -0.4 is 43.8 Å². The number of hydrogen-bond donors (Lipinski definition) is 9. The van der Waals surface area contributed by atoms with Crippen LogP contribution in [0.25, 0.3) is 10.9 Å². The van der Waals surface area contributed by atoms with Crippen molar-refractivity contribution in [2.75, 3.05) is 13.1 Å². The smallest absolute Gasteiger partial charge is 0.246 e. The first kappa shape index (κ1) is 45.8. The monoisotopic (exact) mass is 898 g/mol. The van der Waals surface area contributed by atoms with Gasteiger partial charge < -0.3 is 48.8 Å². The predicted molar refractivity (Wildman–Crippen MR) is 237 cm³/mol. The van der Waals surface area contributed by atoms with Gasteiger partial charge in [0.1, 0.15) is 23.7 Å². The number of halogens is 1. The number of carbonyl (C=O) groups excluding carboxylic acids is 6. The molecule has 1 aliphatic carbocycles. The summed E-state index contributed by atoms with van der Waals surface area (Å²) >= 11 is 3.53. The molecule has 0 saturated carbocycles. The average molecular weight is 900 g/mol. The van der Waals surface area contributed by atoms with Crippen LogP contribution >= 0.6 is 15.9 Å². The van der Waals surface area contributed by atoms with Gasteiger partial charge in [-0.15, -0.1) is 0 Å². The molecule has 324 valence electrons. The number of fused-ring (bicyclic) bond motifs is 2. The van der Waals surface area contributed by atoms with Crippen LogP contribution in [-0.4, -0.2) is 83.1 Å². The van der Waals surface area contributed by atoms with Gasteiger partial charge in [0.2, 0.25) is 35.4 Å². The summed E-state index contributed by atoms with van der Waals surface area (Å²) in [7, 11) is 0. The highest BCUT2D eigenvalue weighted by molar-refractivity contribution is 9.10. The number of guanidine groups is 1. The van der Waals surface area contributed by atoms with E-state index in [0.29, 0.717) is 19.3 Å². The molecular formula is C44H55BrN10O6. The number of primary amides is 1. The molecule has 4 atom stereocenters. The van der Waals surface area contributed by atoms with Gasteiger partial charge in [-0.1, -0.05) is 83.9 Å². The Labute approximate surface area is 363 Å². The van der Waals surface area contributed by atoms with Gasteiger partial charge in [0.05, 0.1) is 6.54 Å². The third-order valence-corrected chi connectivity index (χ3v) is 11.2. The molecule has 0 saturated heterocycles. The van der Waals surface area contributed by atoms with E-state index in [4.69, 9.17) is 17.2 Å². The second-order valence-corrected chi connectivity index (χ2v) is 16.3. The minimum Gasteiger partial charge on any atom is -0.370 e. The number of aromatic nitrogens is 1. The zero-order valence-electron chi connectivity index (χ0n) is 34.2. The highest BCUT2D eigenvalue weighted by Crippen LogP contribution is 2.32. The third-order valence-electron chi connectivity index (χ3n) is 10.7. The Balaban J connectivity index is 1.43. The van der Waals surface area contributed by atoms with E-state index in [1.807, 2.05) is 79.7 Å². The summed E-state index contributed by atoms with van der Waals surface area (Å²) in [5.41, 5.74) is 19.3. The topological polar surface area (TPSA) is 269 Å². The second-order valence-electron chi connectivity index (χ2n) is 15.4. The normalized spacial score (nSPS) is 15.9. The number of nitrogens with zero attached hydrogens (tertiary/aromatic N) is 1. The number of para-hydroxylation sites is 1. The minimum atomic E-state index is -1.36. The molecule has 1 aliphatic rings. The zero-order chi connectivity index (χ0) is 43.9. The zero-order valence-corrected chi connectivity index (χ0v) is 35.8. The van der Waals surface area contributed by atoms with Gasteiger partial charge in [-0.2, -0.15) is 0 Å². The SMILES string of the molecule is CCCCC(=O)N[C@]1(C(=O)N[C@H](Cc2ccccc2)C(=O)N[C@@H](CCCN=C(N)N)C(=O)N[C@@H](Cc2c[nH]c3ccccc23)C(=O)NCC(N)=O)CCc2cc(Br)ccc2C1. The maximum absolute atomic E-state index is 14.7. The first-order valence-electron chi connectivity index (χ1n) is 20.5. The van der Waals surface area contributed by atoms with Gasteiger partial charge in [-0.25, -0.2) is 0 Å². The largest absolute Gasteiger partial charge is 0.370 e. The highest BCUT2D eigenvalue weighted by Gasteiger charge is 2.44. The molecule has 0 unspecified atom stereocenters. The van der Waals surface area contributed by atoms with E-state index in [1.165, 1.54) is 0 Å². The highest BCUT2D eigenvalue weighted by atomic mass is 79.9. The summed E-state index contributed by atoms with van der Waals surface area (Å²) in [5.74, 6) is -3.73. The van der Waals surface area contributed by atoms with Crippen LogP contribution in [0.5, 0.6) is 0 Å². The number of carbonyl (C=O) groups is 6. The lowest BCUT2D eigenvalue weighted by Crippen LogP contribution is -2.65. The standard InChI is InChI=1S/C44H55BrN10O6/c1-2-3-15-38(57)55-44(19-18-28-22-31(45)17-16-29(28)24-44)42(61)54-35(21-27-10-5-4-6-11-27)41(60)52-34(14-9-20-49-43(47)48)40(59)53-36(39(58)51-26-37(46)56)23-30-25-50-33-13-8-7-12-32(30)33/h4-8,10-13,16-17,22,25,34-36,50H,2-3,9,14-15,18-21,23-24,26H2,1H3,(H2,46,56)(H,51,58)(H,52,60)(H,53,59)(H,54,61)(H,55,57)(H4,47,48,49)/t34-,35+,36-,44+/m0/s1. The van der Waals surface area contributed by atoms with Crippen molar-refractivity contribution in [1.29, 1.82) is 0 Å². The molecule has 5 rings (SSSR count). The molecule has 61 heavy (non-hydrogen) atoms. The molecule has 1 aromatic heterocycles. The van der Waals surface area contributed by atoms with E-state index in [1.54, 1.807) is 6.20 Å². The summed E-state index contributed by atoms with van der Waals surface area (Å²) in [5, 5.41) is 14.9. The molecule has 6 amide bonds. The minimum absolute atomic E-state index is 0.0356. The van der Waals surface area contributed by atoms with Crippen molar-refractivity contribution in [3.63, 3.8) is 0 Å². The lowest BCUT2D eigenvalue weighted by molar-refractivity contribution is -0.137. The molecule has 0 fully saturated rings. The van der Waals surface area contributed by atoms with Crippen molar-refractivity contribution in [2.45, 2.75) is 94.8 Å². The van der Waals surface area contributed by atoms with Crippen molar-refractivity contribution in [3.05, 3.63) is 106 Å². The molecule has 3 aromatic carbocycles. The van der Waals surface area contributed by atoms with Crippen LogP contribution in [0.1, 0.15) is 67.7 Å². The van der Waals surface area contributed by atoms with E-state index in [0.717, 1.165) is 44.1 Å². The summed E-state index contributed by atoms with van der Waals surface area (Å²) in [4.78, 5) is 89.1. The Morgan fingerprint density at radius 3 is 2.26 bits per heavy atom. The van der Waals surface area contributed by atoms with Crippen LogP contribution in [0.2, 0.25) is 0 Å². The summed E-state index contributed by atoms with van der Waals surface area (Å²) in [6.07, 6.45) is 4.84. The number of nitrogens with one attached hydrogen (secondary N) is 6. The van der Waals surface area contributed by atoms with Crippen LogP contribution in [0.4, 0.5) is 0 Å². The molecule has 0 radical (unpaired) electrons. The molecule has 4 aromatic rings. The van der Waals surface area contributed by atoms with Crippen molar-refractivity contribution >= 4 is 68.2 Å². The number of aliphatic imine (C=N–C) groups is 1. The summed E-state index contributed by atoms with van der Waals surface area (Å²) in [6, 6.07) is 18.8. The van der Waals surface area contributed by atoms with E-state index in [2.05, 4.69) is 52.5 Å². The Hall–Kier alpha value is -6.23. The third kappa shape index (κ3) is 13.1. The second kappa shape index (κ2) is 21.9. The first-order chi connectivity index (χ1) is 29.3. The number of rotatable bonds is 21. The van der Waals surface area contributed by atoms with Gasteiger partial charge in [0.15, 0.2) is 5.96 Å². The fourth-order valence-electron chi connectivity index (χ4n) is 7.48. The molecule has 0 bridgehead atoms. The predicted octanol–water partition coefficient (Wildman–Crippen LogP) is 2.06. The molecular weight excluding hydrogens is 844 g/mol. The van der Waals surface area contributed by atoms with E-state index < -0.39 is 59.7 Å². The van der Waals surface area contributed by atoms with Crippen molar-refractivity contribution in [2.24, 2.45) is 22.2 Å². The molecule has 17 heteroatoms. The number of benzene rings is 3. The summed E-state index contributed by atoms with van der Waals surface area (Å²) < 4.78 is 0.905. The first-order valence-corrected chi connectivity index (χ1v) is 21.3. The van der Waals surface area contributed by atoms with Crippen LogP contribution in [-0.2, 0) is 54.5 Å². The number of H-pyrrole nitrogens is 1. The van der Waals surface area contributed by atoms with E-state index >= 15 is 0 Å². The van der Waals surface area contributed by atoms with Gasteiger partial charge >= 0.3 is 0 Å². The van der Waals surface area contributed by atoms with Gasteiger partial charge in [-0.3, -0.25) is 33.8 Å². The number of aryl methyl sites for hydroxylation is 1. The molecule has 16 nitrogen and oxygen atoms in total. The fraction of sp³-hybridized carbons (Fsp3) is 0.386. The average Bonchev–Trinajstić information content (AvgIpc) is 3.65. The summed E-state index contributed by atoms with van der Waals surface area (Å²) in [6.45, 7) is 1.67. The molecule has 0 spiro atoms. The number of nitrogens with two attached hydrogens (primary N) is 3. The van der Waals surface area contributed by atoms with Crippen LogP contribution in [0.15, 0.2) is 88.5 Å². The van der Waals surface area contributed by atoms with Gasteiger partial charge in [-0.05, 0) is 72.6 Å². The van der Waals surface area contributed by atoms with E-state index in [-0.39, 0.29) is 56.9 Å². The Morgan fingerprint density at radius 1 is 0.820 bits per heavy atom. The van der Waals surface area contributed by atoms with Gasteiger partial charge in [0, 0.05) is 53.8 Å². The Bertz CT molecular complexity index is 2230. The number of amides is 6. The number of hydrogen-bond acceptors (Lipinski definition) is 7. The van der Waals surface area contributed by atoms with Crippen molar-refractivity contribution in [3.8, 4) is 0 Å².